The van der Waals surface area contributed by atoms with Crippen molar-refractivity contribution in [2.45, 2.75) is 32.2 Å². The summed E-state index contributed by atoms with van der Waals surface area (Å²) in [5, 5.41) is 3.06. The minimum absolute atomic E-state index is 0.185. The van der Waals surface area contributed by atoms with E-state index in [1.807, 2.05) is 35.9 Å². The molecule has 0 bridgehead atoms. The van der Waals surface area contributed by atoms with E-state index in [-0.39, 0.29) is 17.8 Å². The third-order valence-corrected chi connectivity index (χ3v) is 4.39. The summed E-state index contributed by atoms with van der Waals surface area (Å²) >= 11 is 0. The van der Waals surface area contributed by atoms with Crippen LogP contribution in [0.15, 0.2) is 48.5 Å². The molecular formula is C20H22FN3O. The molecule has 2 aromatic carbocycles. The van der Waals surface area contributed by atoms with E-state index in [0.717, 1.165) is 36.1 Å². The average Bonchev–Trinajstić information content (AvgIpc) is 2.96. The van der Waals surface area contributed by atoms with Crippen molar-refractivity contribution in [1.29, 1.82) is 0 Å². The molecule has 0 saturated carbocycles. The van der Waals surface area contributed by atoms with Crippen LogP contribution in [-0.4, -0.2) is 15.5 Å². The maximum atomic E-state index is 13.1. The Morgan fingerprint density at radius 3 is 2.60 bits per heavy atom. The van der Waals surface area contributed by atoms with Crippen LogP contribution in [0.25, 0.3) is 11.0 Å². The van der Waals surface area contributed by atoms with Crippen LogP contribution in [0.1, 0.15) is 48.4 Å². The van der Waals surface area contributed by atoms with Gasteiger partial charge in [-0.25, -0.2) is 9.37 Å². The molecule has 0 aliphatic carbocycles. The molecule has 0 aliphatic rings. The minimum Gasteiger partial charge on any atom is -0.342 e. The number of amides is 1. The largest absolute Gasteiger partial charge is 0.342 e. The molecule has 0 aliphatic heterocycles. The van der Waals surface area contributed by atoms with E-state index >= 15 is 0 Å². The Kier molecular flexibility index (Phi) is 5.12. The van der Waals surface area contributed by atoms with Gasteiger partial charge in [-0.15, -0.1) is 0 Å². The Morgan fingerprint density at radius 2 is 1.92 bits per heavy atom. The maximum absolute atomic E-state index is 13.1. The van der Waals surface area contributed by atoms with Crippen LogP contribution < -0.4 is 5.32 Å². The Morgan fingerprint density at radius 1 is 1.20 bits per heavy atom. The van der Waals surface area contributed by atoms with Crippen molar-refractivity contribution in [2.75, 3.05) is 0 Å². The highest BCUT2D eigenvalue weighted by atomic mass is 19.1. The van der Waals surface area contributed by atoms with Crippen molar-refractivity contribution < 1.29 is 9.18 Å². The fraction of sp³-hybridized carbons (Fsp3) is 0.300. The van der Waals surface area contributed by atoms with E-state index in [0.29, 0.717) is 5.56 Å². The normalized spacial score (nSPS) is 12.3. The van der Waals surface area contributed by atoms with Gasteiger partial charge in [0.2, 0.25) is 0 Å². The monoisotopic (exact) mass is 339 g/mol. The van der Waals surface area contributed by atoms with Gasteiger partial charge in [-0.2, -0.15) is 0 Å². The second kappa shape index (κ2) is 7.47. The molecule has 1 amide bonds. The first-order valence-electron chi connectivity index (χ1n) is 8.58. The number of fused-ring (bicyclic) bond motifs is 1. The predicted octanol–water partition coefficient (Wildman–Crippen LogP) is 4.37. The molecule has 25 heavy (non-hydrogen) atoms. The number of imidazole rings is 1. The number of halogens is 1. The van der Waals surface area contributed by atoms with E-state index in [1.165, 1.54) is 24.3 Å². The summed E-state index contributed by atoms with van der Waals surface area (Å²) in [5.74, 6) is 0.271. The van der Waals surface area contributed by atoms with Gasteiger partial charge in [0.15, 0.2) is 0 Å². The molecule has 5 heteroatoms. The molecule has 130 valence electrons. The average molecular weight is 339 g/mol. The van der Waals surface area contributed by atoms with Gasteiger partial charge in [0.05, 0.1) is 17.1 Å². The van der Waals surface area contributed by atoms with Crippen LogP contribution in [0.4, 0.5) is 4.39 Å². The summed E-state index contributed by atoms with van der Waals surface area (Å²) in [4.78, 5) is 17.3. The highest BCUT2D eigenvalue weighted by Gasteiger charge is 2.21. The molecule has 0 unspecified atom stereocenters. The number of rotatable bonds is 6. The van der Waals surface area contributed by atoms with Crippen molar-refractivity contribution in [2.24, 2.45) is 7.05 Å². The van der Waals surface area contributed by atoms with Gasteiger partial charge in [-0.3, -0.25) is 4.79 Å². The second-order valence-electron chi connectivity index (χ2n) is 6.19. The molecule has 0 spiro atoms. The molecule has 1 heterocycles. The van der Waals surface area contributed by atoms with Crippen molar-refractivity contribution in [3.05, 3.63) is 65.7 Å². The predicted molar refractivity (Wildman–Crippen MR) is 96.8 cm³/mol. The van der Waals surface area contributed by atoms with Crippen LogP contribution >= 0.6 is 0 Å². The van der Waals surface area contributed by atoms with E-state index < -0.39 is 0 Å². The van der Waals surface area contributed by atoms with Gasteiger partial charge in [0, 0.05) is 12.6 Å². The number of unbranched alkanes of at least 4 members (excludes halogenated alkanes) is 1. The van der Waals surface area contributed by atoms with Gasteiger partial charge in [0.1, 0.15) is 11.6 Å². The molecule has 0 saturated heterocycles. The van der Waals surface area contributed by atoms with E-state index in [1.54, 1.807) is 0 Å². The van der Waals surface area contributed by atoms with Gasteiger partial charge in [0.25, 0.3) is 5.91 Å². The second-order valence-corrected chi connectivity index (χ2v) is 6.19. The zero-order chi connectivity index (χ0) is 17.8. The SMILES string of the molecule is CCCC[C@@H](NC(=O)c1ccc(F)cc1)c1nc2ccccc2n1C. The number of nitrogens with one attached hydrogen (secondary N) is 1. The Bertz CT molecular complexity index is 870. The van der Waals surface area contributed by atoms with Crippen molar-refractivity contribution in [1.82, 2.24) is 14.9 Å². The number of hydrogen-bond acceptors (Lipinski definition) is 2. The molecule has 1 N–H and O–H groups in total. The van der Waals surface area contributed by atoms with Crippen molar-refractivity contribution in [3.63, 3.8) is 0 Å². The first kappa shape index (κ1) is 17.1. The number of nitrogens with zero attached hydrogens (tertiary/aromatic N) is 2. The summed E-state index contributed by atoms with van der Waals surface area (Å²) in [7, 11) is 1.97. The fourth-order valence-corrected chi connectivity index (χ4v) is 2.99. The zero-order valence-corrected chi connectivity index (χ0v) is 14.5. The maximum Gasteiger partial charge on any atom is 0.251 e. The lowest BCUT2D eigenvalue weighted by molar-refractivity contribution is 0.0931. The molecule has 3 aromatic rings. The van der Waals surface area contributed by atoms with Crippen LogP contribution in [0, 0.1) is 5.82 Å². The topological polar surface area (TPSA) is 46.9 Å². The number of carbonyl (C=O) groups excluding carboxylic acids is 1. The first-order chi connectivity index (χ1) is 12.1. The Balaban J connectivity index is 1.89. The molecule has 1 atom stereocenters. The molecule has 3 rings (SSSR count). The van der Waals surface area contributed by atoms with E-state index in [4.69, 9.17) is 4.98 Å². The van der Waals surface area contributed by atoms with Gasteiger partial charge < -0.3 is 9.88 Å². The van der Waals surface area contributed by atoms with E-state index in [2.05, 4.69) is 12.2 Å². The van der Waals surface area contributed by atoms with Gasteiger partial charge in [-0.05, 0) is 42.8 Å². The van der Waals surface area contributed by atoms with E-state index in [9.17, 15) is 9.18 Å². The molecule has 1 aromatic heterocycles. The van der Waals surface area contributed by atoms with Crippen molar-refractivity contribution >= 4 is 16.9 Å². The lowest BCUT2D eigenvalue weighted by Crippen LogP contribution is -2.30. The summed E-state index contributed by atoms with van der Waals surface area (Å²) in [5.41, 5.74) is 2.40. The van der Waals surface area contributed by atoms with Crippen LogP contribution in [0.2, 0.25) is 0 Å². The minimum atomic E-state index is -0.352. The van der Waals surface area contributed by atoms with Crippen LogP contribution in [0.5, 0.6) is 0 Å². The molecular weight excluding hydrogens is 317 g/mol. The van der Waals surface area contributed by atoms with Crippen LogP contribution in [-0.2, 0) is 7.05 Å². The third-order valence-electron chi connectivity index (χ3n) is 4.39. The third kappa shape index (κ3) is 3.71. The summed E-state index contributed by atoms with van der Waals surface area (Å²) in [6, 6.07) is 13.3. The summed E-state index contributed by atoms with van der Waals surface area (Å²) < 4.78 is 15.1. The lowest BCUT2D eigenvalue weighted by atomic mass is 10.1. The number of hydrogen-bond donors (Lipinski definition) is 1. The Hall–Kier alpha value is -2.69. The molecule has 4 nitrogen and oxygen atoms in total. The number of benzene rings is 2. The number of aromatic nitrogens is 2. The van der Waals surface area contributed by atoms with Crippen molar-refractivity contribution in [3.8, 4) is 0 Å². The molecule has 0 fully saturated rings. The zero-order valence-electron chi connectivity index (χ0n) is 14.5. The lowest BCUT2D eigenvalue weighted by Gasteiger charge is -2.18. The number of carbonyl (C=O) groups is 1. The molecule has 0 radical (unpaired) electrons. The highest BCUT2D eigenvalue weighted by molar-refractivity contribution is 5.94. The Labute approximate surface area is 146 Å². The quantitative estimate of drug-likeness (QED) is 0.725. The summed E-state index contributed by atoms with van der Waals surface area (Å²) in [6.45, 7) is 2.12. The van der Waals surface area contributed by atoms with Gasteiger partial charge >= 0.3 is 0 Å². The summed E-state index contributed by atoms with van der Waals surface area (Å²) in [6.07, 6.45) is 2.82. The number of aryl methyl sites for hydroxylation is 1. The van der Waals surface area contributed by atoms with Crippen LogP contribution in [0.3, 0.4) is 0 Å². The number of para-hydroxylation sites is 2. The first-order valence-corrected chi connectivity index (χ1v) is 8.58. The fourth-order valence-electron chi connectivity index (χ4n) is 2.99. The van der Waals surface area contributed by atoms with Gasteiger partial charge in [-0.1, -0.05) is 31.9 Å². The highest BCUT2D eigenvalue weighted by Crippen LogP contribution is 2.23. The standard InChI is InChI=1S/C20H22FN3O/c1-3-4-7-17(23-20(25)14-10-12-15(21)13-11-14)19-22-16-8-5-6-9-18(16)24(19)2/h5-6,8-13,17H,3-4,7H2,1-2H3,(H,23,25)/t17-/m1/s1. The smallest absolute Gasteiger partial charge is 0.251 e.